The predicted molar refractivity (Wildman–Crippen MR) is 72.7 cm³/mol. The first-order valence-corrected chi connectivity index (χ1v) is 6.34. The smallest absolute Gasteiger partial charge is 0.231 e. The van der Waals surface area contributed by atoms with Crippen molar-refractivity contribution in [1.82, 2.24) is 4.98 Å². The van der Waals surface area contributed by atoms with Gasteiger partial charge < -0.3 is 19.9 Å². The van der Waals surface area contributed by atoms with E-state index in [-0.39, 0.29) is 12.9 Å². The van der Waals surface area contributed by atoms with Gasteiger partial charge in [0.15, 0.2) is 11.5 Å². The molecule has 0 fully saturated rings. The summed E-state index contributed by atoms with van der Waals surface area (Å²) in [5.41, 5.74) is 0. The number of ether oxygens (including phenoxy) is 2. The Morgan fingerprint density at radius 3 is 2.95 bits per heavy atom. The molecule has 1 aromatic carbocycles. The van der Waals surface area contributed by atoms with Crippen LogP contribution in [0.25, 0.3) is 10.8 Å². The average molecular weight is 260 g/mol. The summed E-state index contributed by atoms with van der Waals surface area (Å²) in [5.74, 6) is 2.32. The highest BCUT2D eigenvalue weighted by Gasteiger charge is 2.15. The third kappa shape index (κ3) is 2.42. The predicted octanol–water partition coefficient (Wildman–Crippen LogP) is 2.15. The first-order valence-electron chi connectivity index (χ1n) is 6.34. The molecule has 0 bridgehead atoms. The molecule has 2 heterocycles. The van der Waals surface area contributed by atoms with Crippen molar-refractivity contribution in [3.05, 3.63) is 24.4 Å². The number of hydrogen-bond acceptors (Lipinski definition) is 5. The number of rotatable bonds is 4. The van der Waals surface area contributed by atoms with Gasteiger partial charge in [-0.1, -0.05) is 0 Å². The largest absolute Gasteiger partial charge is 0.454 e. The van der Waals surface area contributed by atoms with Gasteiger partial charge in [0.2, 0.25) is 6.79 Å². The first-order chi connectivity index (χ1) is 9.24. The molecule has 3 rings (SSSR count). The Balaban J connectivity index is 1.91. The van der Waals surface area contributed by atoms with Crippen LogP contribution in [0, 0.1) is 0 Å². The van der Waals surface area contributed by atoms with E-state index in [1.165, 1.54) is 0 Å². The molecule has 1 aromatic heterocycles. The van der Waals surface area contributed by atoms with Crippen molar-refractivity contribution >= 4 is 16.6 Å². The SMILES string of the molecule is CC(O)CCNc1nccc2cc3c(cc12)OCO3. The molecular weight excluding hydrogens is 244 g/mol. The minimum absolute atomic E-state index is 0.268. The number of hydrogen-bond donors (Lipinski definition) is 2. The van der Waals surface area contributed by atoms with E-state index in [9.17, 15) is 5.11 Å². The van der Waals surface area contributed by atoms with Gasteiger partial charge in [0.25, 0.3) is 0 Å². The average Bonchev–Trinajstić information content (AvgIpc) is 2.83. The molecular formula is C14H16N2O3. The Morgan fingerprint density at radius 1 is 1.37 bits per heavy atom. The highest BCUT2D eigenvalue weighted by Crippen LogP contribution is 2.37. The fourth-order valence-corrected chi connectivity index (χ4v) is 2.10. The van der Waals surface area contributed by atoms with Crippen LogP contribution < -0.4 is 14.8 Å². The quantitative estimate of drug-likeness (QED) is 0.881. The molecule has 0 radical (unpaired) electrons. The van der Waals surface area contributed by atoms with Gasteiger partial charge in [-0.15, -0.1) is 0 Å². The number of nitrogens with zero attached hydrogens (tertiary/aromatic N) is 1. The lowest BCUT2D eigenvalue weighted by Crippen LogP contribution is -2.10. The molecule has 0 aliphatic carbocycles. The van der Waals surface area contributed by atoms with E-state index in [1.54, 1.807) is 13.1 Å². The van der Waals surface area contributed by atoms with Crippen LogP contribution in [0.2, 0.25) is 0 Å². The van der Waals surface area contributed by atoms with Crippen LogP contribution >= 0.6 is 0 Å². The van der Waals surface area contributed by atoms with Gasteiger partial charge in [0.1, 0.15) is 5.82 Å². The van der Waals surface area contributed by atoms with E-state index in [4.69, 9.17) is 9.47 Å². The van der Waals surface area contributed by atoms with Gasteiger partial charge in [-0.2, -0.15) is 0 Å². The normalized spacial score (nSPS) is 14.6. The topological polar surface area (TPSA) is 63.6 Å². The van der Waals surface area contributed by atoms with Gasteiger partial charge in [0, 0.05) is 18.1 Å². The zero-order chi connectivity index (χ0) is 13.2. The van der Waals surface area contributed by atoms with Crippen molar-refractivity contribution in [3.8, 4) is 11.5 Å². The van der Waals surface area contributed by atoms with Crippen LogP contribution in [-0.2, 0) is 0 Å². The Morgan fingerprint density at radius 2 is 2.16 bits per heavy atom. The standard InChI is InChI=1S/C14H16N2O3/c1-9(17)2-4-15-14-11-7-13-12(18-8-19-13)6-10(11)3-5-16-14/h3,5-7,9,17H,2,4,8H2,1H3,(H,15,16). The highest BCUT2D eigenvalue weighted by atomic mass is 16.7. The number of aliphatic hydroxyl groups excluding tert-OH is 1. The monoisotopic (exact) mass is 260 g/mol. The van der Waals surface area contributed by atoms with Crippen molar-refractivity contribution in [2.75, 3.05) is 18.7 Å². The van der Waals surface area contributed by atoms with Gasteiger partial charge in [0.05, 0.1) is 6.10 Å². The molecule has 0 spiro atoms. The number of aliphatic hydroxyl groups is 1. The van der Waals surface area contributed by atoms with Crippen molar-refractivity contribution in [3.63, 3.8) is 0 Å². The third-order valence-electron chi connectivity index (χ3n) is 3.11. The molecule has 0 saturated heterocycles. The van der Waals surface area contributed by atoms with E-state index in [0.29, 0.717) is 13.0 Å². The Labute approximate surface area is 111 Å². The number of nitrogens with one attached hydrogen (secondary N) is 1. The number of benzene rings is 1. The fourth-order valence-electron chi connectivity index (χ4n) is 2.10. The minimum Gasteiger partial charge on any atom is -0.454 e. The number of pyridine rings is 1. The van der Waals surface area contributed by atoms with Crippen LogP contribution in [0.15, 0.2) is 24.4 Å². The molecule has 100 valence electrons. The van der Waals surface area contributed by atoms with E-state index in [2.05, 4.69) is 10.3 Å². The summed E-state index contributed by atoms with van der Waals surface area (Å²) in [6.07, 6.45) is 2.13. The molecule has 1 aliphatic heterocycles. The molecule has 1 aliphatic rings. The summed E-state index contributed by atoms with van der Waals surface area (Å²) in [6, 6.07) is 5.84. The molecule has 1 atom stereocenters. The molecule has 2 aromatic rings. The Bertz CT molecular complexity index is 599. The summed E-state index contributed by atoms with van der Waals surface area (Å²) in [4.78, 5) is 4.34. The van der Waals surface area contributed by atoms with Crippen molar-refractivity contribution in [2.45, 2.75) is 19.4 Å². The van der Waals surface area contributed by atoms with Gasteiger partial charge in [-0.3, -0.25) is 0 Å². The summed E-state index contributed by atoms with van der Waals surface area (Å²) >= 11 is 0. The van der Waals surface area contributed by atoms with Gasteiger partial charge in [-0.25, -0.2) is 4.98 Å². The molecule has 2 N–H and O–H groups in total. The maximum atomic E-state index is 9.27. The highest BCUT2D eigenvalue weighted by molar-refractivity contribution is 5.94. The Hall–Kier alpha value is -2.01. The van der Waals surface area contributed by atoms with Crippen LogP contribution in [0.1, 0.15) is 13.3 Å². The number of fused-ring (bicyclic) bond motifs is 2. The number of anilines is 1. The molecule has 1 unspecified atom stereocenters. The van der Waals surface area contributed by atoms with E-state index < -0.39 is 0 Å². The van der Waals surface area contributed by atoms with Crippen molar-refractivity contribution in [2.24, 2.45) is 0 Å². The lowest BCUT2D eigenvalue weighted by Gasteiger charge is -2.10. The second kappa shape index (κ2) is 4.93. The molecule has 5 heteroatoms. The van der Waals surface area contributed by atoms with E-state index in [0.717, 1.165) is 28.1 Å². The van der Waals surface area contributed by atoms with Crippen LogP contribution in [0.4, 0.5) is 5.82 Å². The van der Waals surface area contributed by atoms with E-state index >= 15 is 0 Å². The van der Waals surface area contributed by atoms with E-state index in [1.807, 2.05) is 18.2 Å². The zero-order valence-electron chi connectivity index (χ0n) is 10.7. The fraction of sp³-hybridized carbons (Fsp3) is 0.357. The van der Waals surface area contributed by atoms with Gasteiger partial charge >= 0.3 is 0 Å². The third-order valence-corrected chi connectivity index (χ3v) is 3.11. The maximum absolute atomic E-state index is 9.27. The summed E-state index contributed by atoms with van der Waals surface area (Å²) < 4.78 is 10.7. The second-order valence-corrected chi connectivity index (χ2v) is 4.65. The first kappa shape index (κ1) is 12.0. The summed E-state index contributed by atoms with van der Waals surface area (Å²) in [6.45, 7) is 2.72. The lowest BCUT2D eigenvalue weighted by atomic mass is 10.1. The van der Waals surface area contributed by atoms with Crippen molar-refractivity contribution in [1.29, 1.82) is 0 Å². The van der Waals surface area contributed by atoms with Crippen LogP contribution in [0.3, 0.4) is 0 Å². The molecule has 19 heavy (non-hydrogen) atoms. The maximum Gasteiger partial charge on any atom is 0.231 e. The van der Waals surface area contributed by atoms with Crippen molar-refractivity contribution < 1.29 is 14.6 Å². The number of aromatic nitrogens is 1. The second-order valence-electron chi connectivity index (χ2n) is 4.65. The van der Waals surface area contributed by atoms with Gasteiger partial charge in [-0.05, 0) is 36.9 Å². The zero-order valence-corrected chi connectivity index (χ0v) is 10.7. The van der Waals surface area contributed by atoms with Crippen LogP contribution in [-0.4, -0.2) is 29.5 Å². The van der Waals surface area contributed by atoms with Crippen LogP contribution in [0.5, 0.6) is 11.5 Å². The Kier molecular flexibility index (Phi) is 3.13. The molecule has 0 amide bonds. The summed E-state index contributed by atoms with van der Waals surface area (Å²) in [7, 11) is 0. The molecule has 0 saturated carbocycles. The lowest BCUT2D eigenvalue weighted by molar-refractivity contribution is 0.174. The molecule has 5 nitrogen and oxygen atoms in total. The summed E-state index contributed by atoms with van der Waals surface area (Å²) in [5, 5.41) is 14.6. The minimum atomic E-state index is -0.316.